The minimum absolute atomic E-state index is 0.0824. The van der Waals surface area contributed by atoms with Crippen LogP contribution in [0.3, 0.4) is 0 Å². The first-order valence-corrected chi connectivity index (χ1v) is 15.1. The Hall–Kier alpha value is -4.01. The van der Waals surface area contributed by atoms with Gasteiger partial charge in [0.15, 0.2) is 0 Å². The number of amides is 3. The number of hydrogen-bond acceptors (Lipinski definition) is 5. The van der Waals surface area contributed by atoms with Crippen LogP contribution in [0.1, 0.15) is 63.4 Å². The van der Waals surface area contributed by atoms with E-state index in [0.717, 1.165) is 44.5 Å². The second kappa shape index (κ2) is 14.8. The maximum Gasteiger partial charge on any atom is 0.253 e. The average molecular weight is 568 g/mol. The number of carbonyl (C=O) groups excluding carboxylic acids is 3. The molecule has 8 heteroatoms. The van der Waals surface area contributed by atoms with E-state index in [1.807, 2.05) is 36.4 Å². The molecule has 0 radical (unpaired) electrons. The van der Waals surface area contributed by atoms with Crippen molar-refractivity contribution in [1.82, 2.24) is 26.2 Å². The Labute approximate surface area is 248 Å². The molecule has 42 heavy (non-hydrogen) atoms. The third-order valence-electron chi connectivity index (χ3n) is 8.05. The fourth-order valence-electron chi connectivity index (χ4n) is 5.51. The highest BCUT2D eigenvalue weighted by molar-refractivity contribution is 6.01. The molecule has 1 saturated heterocycles. The minimum Gasteiger partial charge on any atom is -0.350 e. The van der Waals surface area contributed by atoms with E-state index >= 15 is 0 Å². The predicted octanol–water partition coefficient (Wildman–Crippen LogP) is 3.46. The lowest BCUT2D eigenvalue weighted by Crippen LogP contribution is -2.47. The molecule has 0 bridgehead atoms. The number of benzene rings is 3. The number of nitrogens with one attached hydrogen (secondary N) is 4. The average Bonchev–Trinajstić information content (AvgIpc) is 3.83. The zero-order chi connectivity index (χ0) is 29.1. The number of hydrogen-bond donors (Lipinski definition) is 4. The van der Waals surface area contributed by atoms with Crippen LogP contribution in [-0.4, -0.2) is 67.4 Å². The van der Waals surface area contributed by atoms with Gasteiger partial charge in [-0.25, -0.2) is 0 Å². The van der Waals surface area contributed by atoms with Gasteiger partial charge in [-0.15, -0.1) is 0 Å². The Morgan fingerprint density at radius 3 is 2.33 bits per heavy atom. The fraction of sp³-hybridized carbons (Fsp3) is 0.382. The van der Waals surface area contributed by atoms with Gasteiger partial charge >= 0.3 is 0 Å². The van der Waals surface area contributed by atoms with E-state index in [4.69, 9.17) is 0 Å². The van der Waals surface area contributed by atoms with Gasteiger partial charge in [0.1, 0.15) is 6.04 Å². The molecule has 2 fully saturated rings. The van der Waals surface area contributed by atoms with E-state index in [0.29, 0.717) is 49.1 Å². The molecular formula is C34H41N5O3. The Morgan fingerprint density at radius 2 is 1.57 bits per heavy atom. The van der Waals surface area contributed by atoms with Gasteiger partial charge in [0.05, 0.1) is 0 Å². The molecule has 8 nitrogen and oxygen atoms in total. The van der Waals surface area contributed by atoms with Gasteiger partial charge in [-0.2, -0.15) is 0 Å². The summed E-state index contributed by atoms with van der Waals surface area (Å²) in [6.45, 7) is 4.06. The van der Waals surface area contributed by atoms with Crippen molar-refractivity contribution < 1.29 is 14.4 Å². The summed E-state index contributed by atoms with van der Waals surface area (Å²) in [4.78, 5) is 41.3. The molecule has 4 N–H and O–H groups in total. The first-order chi connectivity index (χ1) is 20.6. The number of piperazine rings is 1. The van der Waals surface area contributed by atoms with Crippen LogP contribution in [0, 0.1) is 0 Å². The van der Waals surface area contributed by atoms with Crippen molar-refractivity contribution >= 4 is 17.7 Å². The van der Waals surface area contributed by atoms with E-state index < -0.39 is 6.04 Å². The van der Waals surface area contributed by atoms with Gasteiger partial charge in [-0.1, -0.05) is 66.7 Å². The molecule has 5 rings (SSSR count). The third kappa shape index (κ3) is 8.27. The van der Waals surface area contributed by atoms with Gasteiger partial charge < -0.3 is 26.2 Å². The summed E-state index contributed by atoms with van der Waals surface area (Å²) in [7, 11) is 0. The summed E-state index contributed by atoms with van der Waals surface area (Å²) in [6, 6.07) is 26.9. The summed E-state index contributed by atoms with van der Waals surface area (Å²) < 4.78 is 0. The lowest BCUT2D eigenvalue weighted by atomic mass is 10.1. The van der Waals surface area contributed by atoms with Gasteiger partial charge in [-0.3, -0.25) is 14.4 Å². The number of unbranched alkanes of at least 4 members (excludes halogenated alkanes) is 1. The van der Waals surface area contributed by atoms with Crippen molar-refractivity contribution in [2.75, 3.05) is 32.7 Å². The first kappa shape index (κ1) is 29.5. The van der Waals surface area contributed by atoms with E-state index in [1.54, 1.807) is 29.2 Å². The molecule has 3 atom stereocenters. The Morgan fingerprint density at radius 1 is 0.857 bits per heavy atom. The molecule has 1 heterocycles. The molecule has 0 aromatic heterocycles. The summed E-state index contributed by atoms with van der Waals surface area (Å²) >= 11 is 0. The molecular weight excluding hydrogens is 526 g/mol. The summed E-state index contributed by atoms with van der Waals surface area (Å²) in [6.07, 6.45) is 3.38. The van der Waals surface area contributed by atoms with Crippen molar-refractivity contribution in [3.05, 3.63) is 107 Å². The molecule has 0 spiro atoms. The minimum atomic E-state index is -0.674. The molecule has 2 aliphatic rings. The monoisotopic (exact) mass is 567 g/mol. The van der Waals surface area contributed by atoms with Crippen LogP contribution in [-0.2, 0) is 11.3 Å². The highest BCUT2D eigenvalue weighted by Gasteiger charge is 2.37. The molecule has 1 saturated carbocycles. The molecule has 3 unspecified atom stereocenters. The van der Waals surface area contributed by atoms with Crippen LogP contribution < -0.4 is 21.3 Å². The van der Waals surface area contributed by atoms with Crippen molar-refractivity contribution in [1.29, 1.82) is 0 Å². The van der Waals surface area contributed by atoms with Gasteiger partial charge in [0.2, 0.25) is 5.91 Å². The first-order valence-electron chi connectivity index (χ1n) is 15.1. The normalized spacial score (nSPS) is 18.6. The zero-order valence-corrected chi connectivity index (χ0v) is 24.1. The lowest BCUT2D eigenvalue weighted by Gasteiger charge is -2.27. The Balaban J connectivity index is 1.15. The highest BCUT2D eigenvalue weighted by Crippen LogP contribution is 2.40. The number of nitrogens with zero attached hydrogens (tertiary/aromatic N) is 1. The molecule has 1 aliphatic carbocycles. The lowest BCUT2D eigenvalue weighted by molar-refractivity contribution is -0.123. The molecule has 1 aliphatic heterocycles. The maximum atomic E-state index is 13.3. The quantitative estimate of drug-likeness (QED) is 0.237. The van der Waals surface area contributed by atoms with Gasteiger partial charge in [0.25, 0.3) is 11.8 Å². The topological polar surface area (TPSA) is 103 Å². The van der Waals surface area contributed by atoms with E-state index in [-0.39, 0.29) is 17.7 Å². The zero-order valence-electron chi connectivity index (χ0n) is 24.1. The van der Waals surface area contributed by atoms with Crippen LogP contribution in [0.25, 0.3) is 0 Å². The highest BCUT2D eigenvalue weighted by atomic mass is 16.2. The van der Waals surface area contributed by atoms with E-state index in [2.05, 4.69) is 45.5 Å². The largest absolute Gasteiger partial charge is 0.350 e. The Kier molecular flexibility index (Phi) is 10.4. The van der Waals surface area contributed by atoms with E-state index in [1.165, 1.54) is 5.56 Å². The SMILES string of the molecule is O=C(NC(CCCCNC1CC1c1ccccc1)C(=O)NCc1ccccc1)c1cccc(C(=O)N2CCNCC2)c1. The summed E-state index contributed by atoms with van der Waals surface area (Å²) in [5.41, 5.74) is 3.23. The van der Waals surface area contributed by atoms with Crippen LogP contribution >= 0.6 is 0 Å². The van der Waals surface area contributed by atoms with Crippen molar-refractivity contribution in [3.63, 3.8) is 0 Å². The Bertz CT molecular complexity index is 1330. The smallest absolute Gasteiger partial charge is 0.253 e. The number of rotatable bonds is 13. The van der Waals surface area contributed by atoms with Crippen LogP contribution in [0.2, 0.25) is 0 Å². The van der Waals surface area contributed by atoms with Crippen molar-refractivity contribution in [2.45, 2.75) is 50.2 Å². The molecule has 3 amide bonds. The van der Waals surface area contributed by atoms with E-state index in [9.17, 15) is 14.4 Å². The second-order valence-electron chi connectivity index (χ2n) is 11.2. The van der Waals surface area contributed by atoms with Crippen LogP contribution in [0.15, 0.2) is 84.9 Å². The predicted molar refractivity (Wildman–Crippen MR) is 164 cm³/mol. The van der Waals surface area contributed by atoms with Gasteiger partial charge in [0, 0.05) is 55.8 Å². The summed E-state index contributed by atoms with van der Waals surface area (Å²) in [5.74, 6) is -0.0663. The van der Waals surface area contributed by atoms with Gasteiger partial charge in [-0.05, 0) is 61.6 Å². The van der Waals surface area contributed by atoms with Crippen molar-refractivity contribution in [3.8, 4) is 0 Å². The maximum absolute atomic E-state index is 13.3. The fourth-order valence-corrected chi connectivity index (χ4v) is 5.51. The van der Waals surface area contributed by atoms with Crippen LogP contribution in [0.4, 0.5) is 0 Å². The number of carbonyl (C=O) groups is 3. The third-order valence-corrected chi connectivity index (χ3v) is 8.05. The molecule has 3 aromatic carbocycles. The molecule has 220 valence electrons. The van der Waals surface area contributed by atoms with Crippen molar-refractivity contribution in [2.24, 2.45) is 0 Å². The molecule has 3 aromatic rings. The summed E-state index contributed by atoms with van der Waals surface area (Å²) in [5, 5.41) is 12.8. The van der Waals surface area contributed by atoms with Crippen LogP contribution in [0.5, 0.6) is 0 Å². The second-order valence-corrected chi connectivity index (χ2v) is 11.2. The standard InChI is InChI=1S/C34H41N5O3/c40-32(27-14-9-15-28(22-27)34(42)39-20-18-35-19-21-39)38-30(33(41)37-24-25-10-3-1-4-11-25)16-7-8-17-36-31-23-29(31)26-12-5-2-6-13-26/h1-6,9-15,22,29-31,35-36H,7-8,16-21,23-24H2,(H,37,41)(H,38,40).